The Morgan fingerprint density at radius 2 is 1.62 bits per heavy atom. The lowest BCUT2D eigenvalue weighted by Gasteiger charge is -2.37. The molecule has 0 atom stereocenters. The molecule has 0 amide bonds. The number of hydrogen-bond acceptors (Lipinski definition) is 2. The molecule has 0 aromatic rings. The standard InChI is InChI=1S/C5H12S2Si/c6-4-8(5-7)2-1-3-8/h6-7H,1-5H2. The molecule has 1 saturated heterocycles. The van der Waals surface area contributed by atoms with Crippen molar-refractivity contribution in [3.63, 3.8) is 0 Å². The van der Waals surface area contributed by atoms with Crippen molar-refractivity contribution in [2.45, 2.75) is 18.5 Å². The maximum atomic E-state index is 4.33. The van der Waals surface area contributed by atoms with Crippen molar-refractivity contribution in [2.24, 2.45) is 0 Å². The van der Waals surface area contributed by atoms with Crippen molar-refractivity contribution in [2.75, 3.05) is 10.8 Å². The molecule has 0 radical (unpaired) electrons. The van der Waals surface area contributed by atoms with Crippen LogP contribution in [-0.2, 0) is 0 Å². The fourth-order valence-electron chi connectivity index (χ4n) is 1.04. The molecule has 0 aromatic heterocycles. The van der Waals surface area contributed by atoms with E-state index >= 15 is 0 Å². The molecule has 1 rings (SSSR count). The molecule has 8 heavy (non-hydrogen) atoms. The van der Waals surface area contributed by atoms with Crippen molar-refractivity contribution in [1.29, 1.82) is 0 Å². The van der Waals surface area contributed by atoms with Gasteiger partial charge in [0.05, 0.1) is 8.07 Å². The molecule has 1 heterocycles. The molecule has 1 aliphatic heterocycles. The molecule has 0 bridgehead atoms. The van der Waals surface area contributed by atoms with Crippen molar-refractivity contribution < 1.29 is 0 Å². The van der Waals surface area contributed by atoms with Crippen LogP contribution in [0.5, 0.6) is 0 Å². The van der Waals surface area contributed by atoms with Crippen LogP contribution < -0.4 is 0 Å². The van der Waals surface area contributed by atoms with E-state index in [4.69, 9.17) is 0 Å². The third-order valence-electron chi connectivity index (χ3n) is 2.09. The number of hydrogen-bond donors (Lipinski definition) is 2. The Morgan fingerprint density at radius 1 is 1.12 bits per heavy atom. The average molecular weight is 164 g/mol. The van der Waals surface area contributed by atoms with Crippen LogP contribution in [0.2, 0.25) is 12.1 Å². The molecule has 0 spiro atoms. The van der Waals surface area contributed by atoms with Crippen LogP contribution in [0.3, 0.4) is 0 Å². The van der Waals surface area contributed by atoms with E-state index in [0.717, 1.165) is 10.8 Å². The van der Waals surface area contributed by atoms with Crippen LogP contribution >= 0.6 is 25.3 Å². The molecule has 0 N–H and O–H groups in total. The molecule has 0 aromatic carbocycles. The summed E-state index contributed by atoms with van der Waals surface area (Å²) in [6.45, 7) is 0. The summed E-state index contributed by atoms with van der Waals surface area (Å²) in [5.74, 6) is 0. The summed E-state index contributed by atoms with van der Waals surface area (Å²) >= 11 is 8.65. The van der Waals surface area contributed by atoms with Crippen molar-refractivity contribution in [3.8, 4) is 0 Å². The molecule has 0 unspecified atom stereocenters. The fraction of sp³-hybridized carbons (Fsp3) is 1.00. The second-order valence-corrected chi connectivity index (χ2v) is 9.20. The second kappa shape index (κ2) is 2.67. The minimum atomic E-state index is -0.762. The SMILES string of the molecule is SC[Si]1(CS)CCC1. The van der Waals surface area contributed by atoms with Gasteiger partial charge in [0.1, 0.15) is 0 Å². The normalized spacial score (nSPS) is 24.8. The van der Waals surface area contributed by atoms with Crippen molar-refractivity contribution >= 4 is 33.3 Å². The molecule has 0 saturated carbocycles. The van der Waals surface area contributed by atoms with E-state index in [1.807, 2.05) is 0 Å². The van der Waals surface area contributed by atoms with Gasteiger partial charge < -0.3 is 0 Å². The zero-order valence-electron chi connectivity index (χ0n) is 4.93. The molecule has 1 fully saturated rings. The van der Waals surface area contributed by atoms with Crippen LogP contribution in [-0.4, -0.2) is 18.8 Å². The zero-order chi connectivity index (χ0) is 6.04. The largest absolute Gasteiger partial charge is 0.182 e. The molecular weight excluding hydrogens is 152 g/mol. The van der Waals surface area contributed by atoms with Crippen LogP contribution in [0.4, 0.5) is 0 Å². The lowest BCUT2D eigenvalue weighted by molar-refractivity contribution is 0.902. The van der Waals surface area contributed by atoms with Crippen LogP contribution in [0.1, 0.15) is 6.42 Å². The second-order valence-electron chi connectivity index (χ2n) is 2.67. The monoisotopic (exact) mass is 164 g/mol. The van der Waals surface area contributed by atoms with Gasteiger partial charge in [0, 0.05) is 0 Å². The van der Waals surface area contributed by atoms with Gasteiger partial charge in [-0.15, -0.1) is 0 Å². The lowest BCUT2D eigenvalue weighted by atomic mass is 10.5. The van der Waals surface area contributed by atoms with Gasteiger partial charge in [-0.1, -0.05) is 18.5 Å². The van der Waals surface area contributed by atoms with Crippen molar-refractivity contribution in [3.05, 3.63) is 0 Å². The van der Waals surface area contributed by atoms with E-state index in [1.165, 1.54) is 18.5 Å². The van der Waals surface area contributed by atoms with Gasteiger partial charge in [-0.3, -0.25) is 0 Å². The van der Waals surface area contributed by atoms with Gasteiger partial charge in [0.2, 0.25) is 0 Å². The lowest BCUT2D eigenvalue weighted by Crippen LogP contribution is -2.46. The first kappa shape index (κ1) is 7.03. The Hall–Kier alpha value is 0.917. The molecule has 3 heteroatoms. The topological polar surface area (TPSA) is 0 Å². The highest BCUT2D eigenvalue weighted by molar-refractivity contribution is 7.85. The smallest absolute Gasteiger partial charge is 0.0733 e. The summed E-state index contributed by atoms with van der Waals surface area (Å²) in [7, 11) is -0.762. The van der Waals surface area contributed by atoms with E-state index in [2.05, 4.69) is 25.3 Å². The van der Waals surface area contributed by atoms with Crippen LogP contribution in [0.15, 0.2) is 0 Å². The van der Waals surface area contributed by atoms with Crippen molar-refractivity contribution in [1.82, 2.24) is 0 Å². The molecular formula is C5H12S2Si. The minimum absolute atomic E-state index is 0.762. The maximum absolute atomic E-state index is 4.33. The van der Waals surface area contributed by atoms with Gasteiger partial charge in [0.15, 0.2) is 0 Å². The molecule has 0 nitrogen and oxygen atoms in total. The highest BCUT2D eigenvalue weighted by Crippen LogP contribution is 2.33. The fourth-order valence-corrected chi connectivity index (χ4v) is 6.23. The predicted octanol–water partition coefficient (Wildman–Crippen LogP) is 1.78. The van der Waals surface area contributed by atoms with Crippen LogP contribution in [0, 0.1) is 0 Å². The summed E-state index contributed by atoms with van der Waals surface area (Å²) in [4.78, 5) is 0. The first-order valence-electron chi connectivity index (χ1n) is 3.05. The van der Waals surface area contributed by atoms with Gasteiger partial charge >= 0.3 is 0 Å². The molecule has 1 aliphatic rings. The molecule has 0 aliphatic carbocycles. The minimum Gasteiger partial charge on any atom is -0.182 e. The third kappa shape index (κ3) is 1.09. The zero-order valence-corrected chi connectivity index (χ0v) is 7.72. The van der Waals surface area contributed by atoms with Gasteiger partial charge in [-0.2, -0.15) is 25.3 Å². The quantitative estimate of drug-likeness (QED) is 0.451. The average Bonchev–Trinajstić information content (AvgIpc) is 1.67. The van der Waals surface area contributed by atoms with E-state index in [1.54, 1.807) is 0 Å². The highest BCUT2D eigenvalue weighted by atomic mass is 32.1. The van der Waals surface area contributed by atoms with E-state index < -0.39 is 8.07 Å². The van der Waals surface area contributed by atoms with Gasteiger partial charge in [-0.05, 0) is 10.8 Å². The van der Waals surface area contributed by atoms with Gasteiger partial charge in [0.25, 0.3) is 0 Å². The number of rotatable bonds is 2. The number of thiol groups is 2. The first-order valence-corrected chi connectivity index (χ1v) is 7.14. The first-order chi connectivity index (χ1) is 3.83. The summed E-state index contributed by atoms with van der Waals surface area (Å²) < 4.78 is 0. The third-order valence-corrected chi connectivity index (χ3v) is 10.3. The summed E-state index contributed by atoms with van der Waals surface area (Å²) in [6.07, 6.45) is 1.45. The highest BCUT2D eigenvalue weighted by Gasteiger charge is 2.36. The Morgan fingerprint density at radius 3 is 1.62 bits per heavy atom. The van der Waals surface area contributed by atoms with Gasteiger partial charge in [-0.25, -0.2) is 0 Å². The Bertz CT molecular complexity index is 67.0. The summed E-state index contributed by atoms with van der Waals surface area (Å²) in [5.41, 5.74) is 0. The summed E-state index contributed by atoms with van der Waals surface area (Å²) in [6, 6.07) is 2.97. The molecule has 48 valence electrons. The maximum Gasteiger partial charge on any atom is 0.0733 e. The predicted molar refractivity (Wildman–Crippen MR) is 47.7 cm³/mol. The van der Waals surface area contributed by atoms with Crippen LogP contribution in [0.25, 0.3) is 0 Å². The van der Waals surface area contributed by atoms with E-state index in [9.17, 15) is 0 Å². The Labute approximate surface area is 62.9 Å². The summed E-state index contributed by atoms with van der Waals surface area (Å²) in [5, 5.41) is 2.33. The van der Waals surface area contributed by atoms with E-state index in [0.29, 0.717) is 0 Å². The van der Waals surface area contributed by atoms with E-state index in [-0.39, 0.29) is 0 Å². The Balaban J connectivity index is 2.33. The Kier molecular flexibility index (Phi) is 2.34.